The Morgan fingerprint density at radius 2 is 1.96 bits per heavy atom. The first-order valence-corrected chi connectivity index (χ1v) is 8.40. The van der Waals surface area contributed by atoms with Crippen LogP contribution in [0, 0.1) is 0 Å². The van der Waals surface area contributed by atoms with Crippen LogP contribution in [0.25, 0.3) is 6.08 Å². The zero-order chi connectivity index (χ0) is 16.9. The van der Waals surface area contributed by atoms with Crippen LogP contribution in [-0.4, -0.2) is 13.0 Å². The molecule has 0 aromatic heterocycles. The number of fused-ring (bicyclic) bond motifs is 1. The molecule has 1 aliphatic carbocycles. The Morgan fingerprint density at radius 3 is 2.79 bits per heavy atom. The molecule has 3 nitrogen and oxygen atoms in total. The van der Waals surface area contributed by atoms with Crippen molar-refractivity contribution in [2.75, 3.05) is 7.11 Å². The lowest BCUT2D eigenvalue weighted by molar-refractivity contribution is -0.117. The summed E-state index contributed by atoms with van der Waals surface area (Å²) < 4.78 is 5.29. The molecule has 0 bridgehead atoms. The smallest absolute Gasteiger partial charge is 0.244 e. The van der Waals surface area contributed by atoms with Gasteiger partial charge in [-0.25, -0.2) is 0 Å². The summed E-state index contributed by atoms with van der Waals surface area (Å²) in [5, 5.41) is 3.03. The number of para-hydroxylation sites is 1. The molecule has 2 aromatic rings. The molecule has 1 amide bonds. The molecule has 124 valence electrons. The lowest BCUT2D eigenvalue weighted by Gasteiger charge is -2.14. The Hall–Kier alpha value is -2.55. The number of hydrogen-bond acceptors (Lipinski definition) is 2. The van der Waals surface area contributed by atoms with Crippen molar-refractivity contribution in [1.82, 2.24) is 5.32 Å². The zero-order valence-electron chi connectivity index (χ0n) is 14.2. The van der Waals surface area contributed by atoms with Crippen molar-refractivity contribution >= 4 is 12.0 Å². The molecule has 0 unspecified atom stereocenters. The van der Waals surface area contributed by atoms with Crippen LogP contribution in [0.5, 0.6) is 5.75 Å². The quantitative estimate of drug-likeness (QED) is 0.843. The fourth-order valence-corrected chi connectivity index (χ4v) is 3.18. The van der Waals surface area contributed by atoms with Gasteiger partial charge in [0.25, 0.3) is 0 Å². The number of hydrogen-bond donors (Lipinski definition) is 1. The fourth-order valence-electron chi connectivity index (χ4n) is 3.18. The molecule has 0 saturated heterocycles. The molecule has 0 saturated carbocycles. The van der Waals surface area contributed by atoms with E-state index in [-0.39, 0.29) is 11.9 Å². The van der Waals surface area contributed by atoms with Crippen LogP contribution in [0.1, 0.15) is 41.6 Å². The van der Waals surface area contributed by atoms with E-state index in [1.807, 2.05) is 31.2 Å². The van der Waals surface area contributed by atoms with Gasteiger partial charge in [0.1, 0.15) is 5.75 Å². The van der Waals surface area contributed by atoms with E-state index in [1.165, 1.54) is 24.0 Å². The largest absolute Gasteiger partial charge is 0.496 e. The Labute approximate surface area is 143 Å². The SMILES string of the molecule is COc1ccccc1/C=C/C(=O)N[C@H](C)c1ccc2c(c1)CCC2. The van der Waals surface area contributed by atoms with Crippen molar-refractivity contribution < 1.29 is 9.53 Å². The van der Waals surface area contributed by atoms with Crippen molar-refractivity contribution in [2.45, 2.75) is 32.2 Å². The molecule has 0 fully saturated rings. The van der Waals surface area contributed by atoms with E-state index < -0.39 is 0 Å². The number of carbonyl (C=O) groups excluding carboxylic acids is 1. The van der Waals surface area contributed by atoms with Crippen molar-refractivity contribution in [3.8, 4) is 5.75 Å². The van der Waals surface area contributed by atoms with E-state index in [4.69, 9.17) is 4.74 Å². The van der Waals surface area contributed by atoms with Gasteiger partial charge >= 0.3 is 0 Å². The third kappa shape index (κ3) is 3.67. The molecule has 1 N–H and O–H groups in total. The highest BCUT2D eigenvalue weighted by molar-refractivity contribution is 5.92. The lowest BCUT2D eigenvalue weighted by Crippen LogP contribution is -2.24. The van der Waals surface area contributed by atoms with Gasteiger partial charge in [-0.2, -0.15) is 0 Å². The van der Waals surface area contributed by atoms with Gasteiger partial charge in [-0.15, -0.1) is 0 Å². The molecule has 1 aliphatic rings. The van der Waals surface area contributed by atoms with E-state index in [2.05, 4.69) is 23.5 Å². The van der Waals surface area contributed by atoms with Crippen molar-refractivity contribution in [3.63, 3.8) is 0 Å². The second kappa shape index (κ2) is 7.35. The minimum Gasteiger partial charge on any atom is -0.496 e. The predicted octanol–water partition coefficient (Wildman–Crippen LogP) is 4.07. The van der Waals surface area contributed by atoms with Crippen LogP contribution in [0.4, 0.5) is 0 Å². The van der Waals surface area contributed by atoms with E-state index in [0.717, 1.165) is 23.3 Å². The summed E-state index contributed by atoms with van der Waals surface area (Å²) >= 11 is 0. The summed E-state index contributed by atoms with van der Waals surface area (Å²) in [7, 11) is 1.63. The van der Waals surface area contributed by atoms with Crippen molar-refractivity contribution in [1.29, 1.82) is 0 Å². The third-order valence-corrected chi connectivity index (χ3v) is 4.53. The molecule has 2 aromatic carbocycles. The minimum atomic E-state index is -0.103. The molecular weight excluding hydrogens is 298 g/mol. The molecule has 0 radical (unpaired) electrons. The van der Waals surface area contributed by atoms with Crippen molar-refractivity contribution in [3.05, 3.63) is 70.8 Å². The number of amides is 1. The Balaban J connectivity index is 1.65. The summed E-state index contributed by atoms with van der Waals surface area (Å²) in [6.45, 7) is 2.02. The lowest BCUT2D eigenvalue weighted by atomic mass is 10.0. The van der Waals surface area contributed by atoms with Gasteiger partial charge in [-0.1, -0.05) is 36.4 Å². The fraction of sp³-hybridized carbons (Fsp3) is 0.286. The summed E-state index contributed by atoms with van der Waals surface area (Å²) in [5.74, 6) is 0.655. The van der Waals surface area contributed by atoms with Crippen LogP contribution in [0.2, 0.25) is 0 Å². The van der Waals surface area contributed by atoms with Crippen LogP contribution < -0.4 is 10.1 Å². The number of rotatable bonds is 5. The number of ether oxygens (including phenoxy) is 1. The summed E-state index contributed by atoms with van der Waals surface area (Å²) in [4.78, 5) is 12.2. The maximum atomic E-state index is 12.2. The molecule has 0 heterocycles. The van der Waals surface area contributed by atoms with Gasteiger partial charge in [-0.05, 0) is 55.0 Å². The first kappa shape index (κ1) is 16.3. The standard InChI is InChI=1S/C21H23NO2/c1-15(18-11-10-16-7-5-8-19(16)14-18)22-21(23)13-12-17-6-3-4-9-20(17)24-2/h3-4,6,9-15H,5,7-8H2,1-2H3,(H,22,23)/b13-12+/t15-/m1/s1. The number of nitrogens with one attached hydrogen (secondary N) is 1. The van der Waals surface area contributed by atoms with Crippen LogP contribution in [0.15, 0.2) is 48.5 Å². The van der Waals surface area contributed by atoms with Gasteiger partial charge in [0, 0.05) is 11.6 Å². The second-order valence-electron chi connectivity index (χ2n) is 6.19. The first-order chi connectivity index (χ1) is 11.7. The van der Waals surface area contributed by atoms with Gasteiger partial charge in [0.2, 0.25) is 5.91 Å². The Bertz CT molecular complexity index is 764. The maximum Gasteiger partial charge on any atom is 0.244 e. The molecule has 3 rings (SSSR count). The molecule has 24 heavy (non-hydrogen) atoms. The summed E-state index contributed by atoms with van der Waals surface area (Å²) in [6.07, 6.45) is 6.90. The van der Waals surface area contributed by atoms with Gasteiger partial charge < -0.3 is 10.1 Å². The Kier molecular flexibility index (Phi) is 4.99. The summed E-state index contributed by atoms with van der Waals surface area (Å²) in [6, 6.07) is 14.2. The second-order valence-corrected chi connectivity index (χ2v) is 6.19. The highest BCUT2D eigenvalue weighted by atomic mass is 16.5. The maximum absolute atomic E-state index is 12.2. The normalized spacial score (nSPS) is 14.4. The predicted molar refractivity (Wildman–Crippen MR) is 97.1 cm³/mol. The number of aryl methyl sites for hydroxylation is 2. The van der Waals surface area contributed by atoms with Crippen molar-refractivity contribution in [2.24, 2.45) is 0 Å². The van der Waals surface area contributed by atoms with E-state index in [9.17, 15) is 4.79 Å². The summed E-state index contributed by atoms with van der Waals surface area (Å²) in [5.41, 5.74) is 4.93. The third-order valence-electron chi connectivity index (χ3n) is 4.53. The molecule has 1 atom stereocenters. The molecule has 0 aliphatic heterocycles. The van der Waals surface area contributed by atoms with Gasteiger partial charge in [-0.3, -0.25) is 4.79 Å². The van der Waals surface area contributed by atoms with Crippen LogP contribution in [-0.2, 0) is 17.6 Å². The molecular formula is C21H23NO2. The van der Waals surface area contributed by atoms with E-state index in [1.54, 1.807) is 19.3 Å². The number of carbonyl (C=O) groups is 1. The highest BCUT2D eigenvalue weighted by Crippen LogP contribution is 2.25. The molecule has 0 spiro atoms. The number of benzene rings is 2. The average molecular weight is 321 g/mol. The highest BCUT2D eigenvalue weighted by Gasteiger charge is 2.14. The first-order valence-electron chi connectivity index (χ1n) is 8.40. The molecule has 3 heteroatoms. The average Bonchev–Trinajstić information content (AvgIpc) is 3.07. The number of methoxy groups -OCH3 is 1. The monoisotopic (exact) mass is 321 g/mol. The van der Waals surface area contributed by atoms with E-state index >= 15 is 0 Å². The van der Waals surface area contributed by atoms with E-state index in [0.29, 0.717) is 0 Å². The Morgan fingerprint density at radius 1 is 1.17 bits per heavy atom. The van der Waals surface area contributed by atoms with Crippen LogP contribution in [0.3, 0.4) is 0 Å². The minimum absolute atomic E-state index is 0.00859. The van der Waals surface area contributed by atoms with Gasteiger partial charge in [0.05, 0.1) is 13.2 Å². The van der Waals surface area contributed by atoms with Crippen LogP contribution >= 0.6 is 0 Å². The topological polar surface area (TPSA) is 38.3 Å². The van der Waals surface area contributed by atoms with Gasteiger partial charge in [0.15, 0.2) is 0 Å². The zero-order valence-corrected chi connectivity index (χ0v) is 14.2.